The SMILES string of the molecule is N#C/C(=C\c1ccc2c(c1)OCO2)C(=O)Nc1ccc2c(c1)OCCO2. The molecule has 0 fully saturated rings. The lowest BCUT2D eigenvalue weighted by Crippen LogP contribution is -2.17. The fourth-order valence-corrected chi connectivity index (χ4v) is 2.64. The maximum absolute atomic E-state index is 12.4. The fraction of sp³-hybridized carbons (Fsp3) is 0.158. The monoisotopic (exact) mass is 350 g/mol. The minimum Gasteiger partial charge on any atom is -0.486 e. The Kier molecular flexibility index (Phi) is 4.07. The lowest BCUT2D eigenvalue weighted by molar-refractivity contribution is -0.112. The van der Waals surface area contributed by atoms with Gasteiger partial charge in [0, 0.05) is 11.8 Å². The Balaban J connectivity index is 1.53. The van der Waals surface area contributed by atoms with E-state index in [2.05, 4.69) is 5.32 Å². The van der Waals surface area contributed by atoms with Gasteiger partial charge in [-0.15, -0.1) is 0 Å². The second kappa shape index (κ2) is 6.69. The molecule has 2 aliphatic heterocycles. The van der Waals surface area contributed by atoms with Crippen molar-refractivity contribution in [2.24, 2.45) is 0 Å². The van der Waals surface area contributed by atoms with Crippen molar-refractivity contribution in [2.45, 2.75) is 0 Å². The summed E-state index contributed by atoms with van der Waals surface area (Å²) in [7, 11) is 0. The van der Waals surface area contributed by atoms with Crippen LogP contribution in [0.25, 0.3) is 6.08 Å². The van der Waals surface area contributed by atoms with Crippen LogP contribution in [0.5, 0.6) is 23.0 Å². The summed E-state index contributed by atoms with van der Waals surface area (Å²) in [5.74, 6) is 1.91. The first-order valence-electron chi connectivity index (χ1n) is 7.95. The Morgan fingerprint density at radius 1 is 0.962 bits per heavy atom. The number of ether oxygens (including phenoxy) is 4. The minimum atomic E-state index is -0.512. The van der Waals surface area contributed by atoms with E-state index in [0.29, 0.717) is 47.5 Å². The normalized spacial score (nSPS) is 14.5. The van der Waals surface area contributed by atoms with Crippen LogP contribution >= 0.6 is 0 Å². The average molecular weight is 350 g/mol. The number of rotatable bonds is 3. The Labute approximate surface area is 149 Å². The van der Waals surface area contributed by atoms with Crippen LogP contribution in [0, 0.1) is 11.3 Å². The summed E-state index contributed by atoms with van der Waals surface area (Å²) in [6, 6.07) is 12.2. The summed E-state index contributed by atoms with van der Waals surface area (Å²) in [4.78, 5) is 12.4. The number of nitriles is 1. The van der Waals surface area contributed by atoms with Crippen molar-refractivity contribution in [3.05, 3.63) is 47.5 Å². The molecule has 26 heavy (non-hydrogen) atoms. The van der Waals surface area contributed by atoms with E-state index in [-0.39, 0.29) is 12.4 Å². The second-order valence-electron chi connectivity index (χ2n) is 5.60. The van der Waals surface area contributed by atoms with Gasteiger partial charge in [-0.3, -0.25) is 4.79 Å². The molecule has 1 N–H and O–H groups in total. The van der Waals surface area contributed by atoms with Crippen molar-refractivity contribution in [2.75, 3.05) is 25.3 Å². The largest absolute Gasteiger partial charge is 0.486 e. The number of carbonyl (C=O) groups excluding carboxylic acids is 1. The lowest BCUT2D eigenvalue weighted by Gasteiger charge is -2.18. The van der Waals surface area contributed by atoms with Crippen LogP contribution in [0.2, 0.25) is 0 Å². The molecule has 0 spiro atoms. The van der Waals surface area contributed by atoms with Gasteiger partial charge in [0.25, 0.3) is 5.91 Å². The maximum atomic E-state index is 12.4. The van der Waals surface area contributed by atoms with E-state index < -0.39 is 5.91 Å². The summed E-state index contributed by atoms with van der Waals surface area (Å²) in [6.07, 6.45) is 1.50. The molecule has 0 unspecified atom stereocenters. The number of nitrogens with zero attached hydrogens (tertiary/aromatic N) is 1. The number of benzene rings is 2. The minimum absolute atomic E-state index is 0.0289. The zero-order chi connectivity index (χ0) is 17.9. The predicted molar refractivity (Wildman–Crippen MR) is 92.2 cm³/mol. The summed E-state index contributed by atoms with van der Waals surface area (Å²) in [5.41, 5.74) is 1.16. The molecular weight excluding hydrogens is 336 g/mol. The molecule has 4 rings (SSSR count). The fourth-order valence-electron chi connectivity index (χ4n) is 2.64. The van der Waals surface area contributed by atoms with Gasteiger partial charge in [-0.05, 0) is 35.9 Å². The Morgan fingerprint density at radius 2 is 1.65 bits per heavy atom. The molecule has 1 amide bonds. The predicted octanol–water partition coefficient (Wildman–Crippen LogP) is 2.73. The molecule has 0 aromatic heterocycles. The average Bonchev–Trinajstić information content (AvgIpc) is 3.13. The topological polar surface area (TPSA) is 89.8 Å². The molecule has 7 heteroatoms. The maximum Gasteiger partial charge on any atom is 0.266 e. The van der Waals surface area contributed by atoms with Crippen molar-refractivity contribution >= 4 is 17.7 Å². The van der Waals surface area contributed by atoms with Gasteiger partial charge in [-0.25, -0.2) is 0 Å². The molecule has 2 aromatic carbocycles. The van der Waals surface area contributed by atoms with Gasteiger partial charge in [0.05, 0.1) is 0 Å². The number of carbonyl (C=O) groups is 1. The van der Waals surface area contributed by atoms with E-state index in [1.165, 1.54) is 6.08 Å². The molecule has 130 valence electrons. The Morgan fingerprint density at radius 3 is 2.50 bits per heavy atom. The summed E-state index contributed by atoms with van der Waals surface area (Å²) >= 11 is 0. The van der Waals surface area contributed by atoms with Crippen LogP contribution in [0.3, 0.4) is 0 Å². The lowest BCUT2D eigenvalue weighted by atomic mass is 10.1. The standard InChI is InChI=1S/C19H14N2O5/c20-10-13(7-12-1-3-16-17(8-12)26-11-25-16)19(22)21-14-2-4-15-18(9-14)24-6-5-23-15/h1-4,7-9H,5-6,11H2,(H,21,22)/b13-7+. The van der Waals surface area contributed by atoms with Gasteiger partial charge >= 0.3 is 0 Å². The van der Waals surface area contributed by atoms with Crippen molar-refractivity contribution in [3.63, 3.8) is 0 Å². The number of anilines is 1. The van der Waals surface area contributed by atoms with Crippen molar-refractivity contribution in [3.8, 4) is 29.1 Å². The third-order valence-electron chi connectivity index (χ3n) is 3.87. The smallest absolute Gasteiger partial charge is 0.266 e. The molecule has 7 nitrogen and oxygen atoms in total. The van der Waals surface area contributed by atoms with Crippen LogP contribution in [-0.2, 0) is 4.79 Å². The molecule has 0 radical (unpaired) electrons. The summed E-state index contributed by atoms with van der Waals surface area (Å²) in [5, 5.41) is 12.0. The first-order valence-corrected chi connectivity index (χ1v) is 7.95. The Hall–Kier alpha value is -3.66. The van der Waals surface area contributed by atoms with Gasteiger partial charge in [-0.2, -0.15) is 5.26 Å². The van der Waals surface area contributed by atoms with Crippen LogP contribution in [0.1, 0.15) is 5.56 Å². The van der Waals surface area contributed by atoms with Gasteiger partial charge in [0.1, 0.15) is 24.9 Å². The highest BCUT2D eigenvalue weighted by Gasteiger charge is 2.16. The molecule has 0 bridgehead atoms. The number of amides is 1. The third-order valence-corrected chi connectivity index (χ3v) is 3.87. The summed E-state index contributed by atoms with van der Waals surface area (Å²) < 4.78 is 21.5. The Bertz CT molecular complexity index is 945. The van der Waals surface area contributed by atoms with Crippen molar-refractivity contribution < 1.29 is 23.7 Å². The molecule has 2 heterocycles. The van der Waals surface area contributed by atoms with E-state index in [4.69, 9.17) is 18.9 Å². The molecular formula is C19H14N2O5. The van der Waals surface area contributed by atoms with E-state index in [0.717, 1.165) is 0 Å². The first-order chi connectivity index (χ1) is 12.7. The number of hydrogen-bond donors (Lipinski definition) is 1. The molecule has 0 saturated carbocycles. The van der Waals surface area contributed by atoms with E-state index in [1.54, 1.807) is 36.4 Å². The van der Waals surface area contributed by atoms with Crippen LogP contribution in [-0.4, -0.2) is 25.9 Å². The van der Waals surface area contributed by atoms with E-state index in [9.17, 15) is 10.1 Å². The van der Waals surface area contributed by atoms with Gasteiger partial charge in [0.15, 0.2) is 23.0 Å². The van der Waals surface area contributed by atoms with Gasteiger partial charge in [-0.1, -0.05) is 6.07 Å². The van der Waals surface area contributed by atoms with Crippen molar-refractivity contribution in [1.82, 2.24) is 0 Å². The zero-order valence-electron chi connectivity index (χ0n) is 13.7. The van der Waals surface area contributed by atoms with E-state index >= 15 is 0 Å². The first kappa shape index (κ1) is 15.8. The highest BCUT2D eigenvalue weighted by molar-refractivity contribution is 6.09. The summed E-state index contributed by atoms with van der Waals surface area (Å²) in [6.45, 7) is 1.12. The molecule has 0 aliphatic carbocycles. The quantitative estimate of drug-likeness (QED) is 0.676. The van der Waals surface area contributed by atoms with Gasteiger partial charge in [0.2, 0.25) is 6.79 Å². The molecule has 2 aromatic rings. The number of nitrogens with one attached hydrogen (secondary N) is 1. The number of hydrogen-bond acceptors (Lipinski definition) is 6. The van der Waals surface area contributed by atoms with Crippen LogP contribution in [0.4, 0.5) is 5.69 Å². The molecule has 2 aliphatic rings. The third kappa shape index (κ3) is 3.13. The molecule has 0 atom stereocenters. The second-order valence-corrected chi connectivity index (χ2v) is 5.60. The number of fused-ring (bicyclic) bond motifs is 2. The molecule has 0 saturated heterocycles. The van der Waals surface area contributed by atoms with Gasteiger partial charge < -0.3 is 24.3 Å². The van der Waals surface area contributed by atoms with E-state index in [1.807, 2.05) is 6.07 Å². The highest BCUT2D eigenvalue weighted by atomic mass is 16.7. The van der Waals surface area contributed by atoms with Crippen LogP contribution < -0.4 is 24.3 Å². The van der Waals surface area contributed by atoms with Crippen LogP contribution in [0.15, 0.2) is 42.0 Å². The highest BCUT2D eigenvalue weighted by Crippen LogP contribution is 2.34. The zero-order valence-corrected chi connectivity index (χ0v) is 13.7. The van der Waals surface area contributed by atoms with Crippen molar-refractivity contribution in [1.29, 1.82) is 5.26 Å².